The highest BCUT2D eigenvalue weighted by molar-refractivity contribution is 5.86. The minimum Gasteiger partial charge on any atom is -0.361 e. The molecular formula is C20H28N6. The fraction of sp³-hybridized carbons (Fsp3) is 0.400. The second kappa shape index (κ2) is 8.56. The zero-order chi connectivity index (χ0) is 18.4. The first-order valence-corrected chi connectivity index (χ1v) is 9.24. The van der Waals surface area contributed by atoms with Crippen molar-refractivity contribution in [1.29, 1.82) is 0 Å². The van der Waals surface area contributed by atoms with Gasteiger partial charge in [-0.2, -0.15) is 5.10 Å². The first-order valence-electron chi connectivity index (χ1n) is 9.24. The van der Waals surface area contributed by atoms with E-state index in [1.807, 2.05) is 17.1 Å². The maximum atomic E-state index is 4.70. The molecule has 6 heteroatoms. The Morgan fingerprint density at radius 2 is 2.15 bits per heavy atom. The molecule has 2 aromatic heterocycles. The summed E-state index contributed by atoms with van der Waals surface area (Å²) in [6, 6.07) is 6.42. The van der Waals surface area contributed by atoms with Crippen molar-refractivity contribution in [2.45, 2.75) is 33.7 Å². The van der Waals surface area contributed by atoms with Crippen molar-refractivity contribution in [2.75, 3.05) is 19.6 Å². The summed E-state index contributed by atoms with van der Waals surface area (Å²) in [6.45, 7) is 9.47. The molecule has 0 aliphatic rings. The molecule has 0 aliphatic heterocycles. The van der Waals surface area contributed by atoms with Crippen LogP contribution in [-0.2, 0) is 13.0 Å². The van der Waals surface area contributed by atoms with Crippen molar-refractivity contribution in [3.05, 3.63) is 53.5 Å². The van der Waals surface area contributed by atoms with E-state index in [4.69, 9.17) is 4.99 Å². The lowest BCUT2D eigenvalue weighted by Gasteiger charge is -2.11. The van der Waals surface area contributed by atoms with Crippen LogP contribution in [0.25, 0.3) is 10.9 Å². The number of aliphatic imine (C=N–C) groups is 1. The van der Waals surface area contributed by atoms with E-state index in [0.29, 0.717) is 0 Å². The van der Waals surface area contributed by atoms with E-state index >= 15 is 0 Å². The van der Waals surface area contributed by atoms with Crippen LogP contribution in [0.3, 0.4) is 0 Å². The Balaban J connectivity index is 1.55. The number of aromatic nitrogens is 3. The average molecular weight is 352 g/mol. The number of para-hydroxylation sites is 1. The number of guanidine groups is 1. The van der Waals surface area contributed by atoms with Crippen LogP contribution in [0.1, 0.15) is 23.6 Å². The summed E-state index contributed by atoms with van der Waals surface area (Å²) in [5.41, 5.74) is 5.00. The number of hydrogen-bond donors (Lipinski definition) is 3. The quantitative estimate of drug-likeness (QED) is 0.452. The van der Waals surface area contributed by atoms with E-state index in [-0.39, 0.29) is 0 Å². The first-order chi connectivity index (χ1) is 12.7. The van der Waals surface area contributed by atoms with E-state index in [1.54, 1.807) is 0 Å². The number of nitrogens with one attached hydrogen (secondary N) is 3. The molecule has 1 aromatic carbocycles. The zero-order valence-corrected chi connectivity index (χ0v) is 15.8. The molecule has 0 atom stereocenters. The molecule has 3 rings (SSSR count). The second-order valence-corrected chi connectivity index (χ2v) is 6.53. The van der Waals surface area contributed by atoms with Crippen molar-refractivity contribution < 1.29 is 0 Å². The molecule has 0 fully saturated rings. The molecule has 0 saturated heterocycles. The van der Waals surface area contributed by atoms with Crippen molar-refractivity contribution >= 4 is 16.9 Å². The van der Waals surface area contributed by atoms with Crippen molar-refractivity contribution in [3.63, 3.8) is 0 Å². The topological polar surface area (TPSA) is 70.0 Å². The number of hydrogen-bond acceptors (Lipinski definition) is 2. The van der Waals surface area contributed by atoms with Gasteiger partial charge in [-0.25, -0.2) is 0 Å². The Hall–Kier alpha value is -2.76. The molecule has 0 spiro atoms. The molecule has 0 unspecified atom stereocenters. The summed E-state index contributed by atoms with van der Waals surface area (Å²) in [5, 5.41) is 12.3. The van der Waals surface area contributed by atoms with Crippen molar-refractivity contribution in [3.8, 4) is 0 Å². The van der Waals surface area contributed by atoms with Crippen LogP contribution in [-0.4, -0.2) is 40.4 Å². The molecule has 3 aromatic rings. The summed E-state index contributed by atoms with van der Waals surface area (Å²) >= 11 is 0. The predicted molar refractivity (Wildman–Crippen MR) is 108 cm³/mol. The van der Waals surface area contributed by atoms with Gasteiger partial charge in [0, 0.05) is 42.9 Å². The van der Waals surface area contributed by atoms with Gasteiger partial charge >= 0.3 is 0 Å². The van der Waals surface area contributed by atoms with Gasteiger partial charge in [0.15, 0.2) is 5.96 Å². The monoisotopic (exact) mass is 352 g/mol. The Morgan fingerprint density at radius 1 is 1.27 bits per heavy atom. The highest BCUT2D eigenvalue weighted by Crippen LogP contribution is 2.21. The number of fused-ring (bicyclic) bond motifs is 1. The number of nitrogens with zero attached hydrogens (tertiary/aromatic N) is 3. The van der Waals surface area contributed by atoms with Crippen LogP contribution in [0.5, 0.6) is 0 Å². The van der Waals surface area contributed by atoms with Crippen LogP contribution in [0.15, 0.2) is 41.8 Å². The average Bonchev–Trinajstić information content (AvgIpc) is 3.22. The SMILES string of the molecule is CCNC(=NCCc1c[nH]c2c(C)cccc12)NCCn1cc(C)cn1. The third kappa shape index (κ3) is 4.45. The van der Waals surface area contributed by atoms with Crippen LogP contribution in [0, 0.1) is 13.8 Å². The van der Waals surface area contributed by atoms with Gasteiger partial charge in [0.25, 0.3) is 0 Å². The lowest BCUT2D eigenvalue weighted by atomic mass is 10.1. The van der Waals surface area contributed by atoms with E-state index in [9.17, 15) is 0 Å². The third-order valence-electron chi connectivity index (χ3n) is 4.40. The minimum absolute atomic E-state index is 0.747. The standard InChI is InChI=1S/C20H28N6/c1-4-21-20(23-10-11-26-14-15(2)12-25-26)22-9-8-17-13-24-19-16(3)6-5-7-18(17)19/h5-7,12-14,24H,4,8-11H2,1-3H3,(H2,21,22,23). The summed E-state index contributed by atoms with van der Waals surface area (Å²) in [5.74, 6) is 0.854. The summed E-state index contributed by atoms with van der Waals surface area (Å²) in [6.07, 6.45) is 6.94. The number of aromatic amines is 1. The van der Waals surface area contributed by atoms with E-state index in [1.165, 1.54) is 27.6 Å². The fourth-order valence-electron chi connectivity index (χ4n) is 3.08. The summed E-state index contributed by atoms with van der Waals surface area (Å²) in [4.78, 5) is 8.09. The third-order valence-corrected chi connectivity index (χ3v) is 4.40. The predicted octanol–water partition coefficient (Wildman–Crippen LogP) is 2.78. The van der Waals surface area contributed by atoms with Crippen LogP contribution in [0.4, 0.5) is 0 Å². The number of H-pyrrole nitrogens is 1. The Bertz CT molecular complexity index is 873. The maximum absolute atomic E-state index is 4.70. The van der Waals surface area contributed by atoms with Gasteiger partial charge in [0.2, 0.25) is 0 Å². The summed E-state index contributed by atoms with van der Waals surface area (Å²) in [7, 11) is 0. The van der Waals surface area contributed by atoms with Gasteiger partial charge in [-0.15, -0.1) is 0 Å². The van der Waals surface area contributed by atoms with Gasteiger partial charge in [-0.1, -0.05) is 18.2 Å². The normalized spacial score (nSPS) is 11.9. The van der Waals surface area contributed by atoms with Crippen molar-refractivity contribution in [2.24, 2.45) is 4.99 Å². The second-order valence-electron chi connectivity index (χ2n) is 6.53. The minimum atomic E-state index is 0.747. The molecule has 26 heavy (non-hydrogen) atoms. The smallest absolute Gasteiger partial charge is 0.191 e. The Labute approximate surface area is 154 Å². The molecule has 3 N–H and O–H groups in total. The largest absolute Gasteiger partial charge is 0.361 e. The van der Waals surface area contributed by atoms with E-state index < -0.39 is 0 Å². The molecule has 0 radical (unpaired) electrons. The fourth-order valence-corrected chi connectivity index (χ4v) is 3.08. The van der Waals surface area contributed by atoms with Gasteiger partial charge in [-0.05, 0) is 43.9 Å². The Morgan fingerprint density at radius 3 is 2.92 bits per heavy atom. The van der Waals surface area contributed by atoms with Gasteiger partial charge < -0.3 is 15.6 Å². The molecule has 138 valence electrons. The molecule has 6 nitrogen and oxygen atoms in total. The van der Waals surface area contributed by atoms with Crippen LogP contribution in [0.2, 0.25) is 0 Å². The number of aryl methyl sites for hydroxylation is 2. The highest BCUT2D eigenvalue weighted by atomic mass is 15.3. The van der Waals surface area contributed by atoms with Crippen molar-refractivity contribution in [1.82, 2.24) is 25.4 Å². The highest BCUT2D eigenvalue weighted by Gasteiger charge is 2.05. The zero-order valence-electron chi connectivity index (χ0n) is 15.8. The lowest BCUT2D eigenvalue weighted by molar-refractivity contribution is 0.597. The molecule has 0 amide bonds. The maximum Gasteiger partial charge on any atom is 0.191 e. The Kier molecular flexibility index (Phi) is 5.94. The van der Waals surface area contributed by atoms with Crippen LogP contribution >= 0.6 is 0 Å². The number of benzene rings is 1. The summed E-state index contributed by atoms with van der Waals surface area (Å²) < 4.78 is 1.94. The van der Waals surface area contributed by atoms with Gasteiger partial charge in [0.1, 0.15) is 0 Å². The van der Waals surface area contributed by atoms with Gasteiger partial charge in [0.05, 0.1) is 12.7 Å². The molecular weight excluding hydrogens is 324 g/mol. The first kappa shape index (κ1) is 18.0. The molecule has 2 heterocycles. The molecule has 0 aliphatic carbocycles. The lowest BCUT2D eigenvalue weighted by Crippen LogP contribution is -2.39. The number of rotatable bonds is 7. The molecule has 0 saturated carbocycles. The van der Waals surface area contributed by atoms with Crippen LogP contribution < -0.4 is 10.6 Å². The van der Waals surface area contributed by atoms with Gasteiger partial charge in [-0.3, -0.25) is 9.67 Å². The van der Waals surface area contributed by atoms with E-state index in [2.05, 4.69) is 65.9 Å². The molecule has 0 bridgehead atoms. The van der Waals surface area contributed by atoms with E-state index in [0.717, 1.165) is 38.6 Å².